The van der Waals surface area contributed by atoms with Gasteiger partial charge in [-0.3, -0.25) is 4.79 Å². The van der Waals surface area contributed by atoms with Gasteiger partial charge in [0.25, 0.3) is 0 Å². The molecular weight excluding hydrogens is 148 g/mol. The van der Waals surface area contributed by atoms with E-state index in [0.29, 0.717) is 11.2 Å². The molecule has 0 aromatic carbocycles. The molecule has 0 aliphatic heterocycles. The molecule has 1 heteroatoms. The largest absolute Gasteiger partial charge is 0.299 e. The van der Waals surface area contributed by atoms with Crippen molar-refractivity contribution in [3.63, 3.8) is 0 Å². The summed E-state index contributed by atoms with van der Waals surface area (Å²) in [6, 6.07) is 0. The molecular formula is C11H20O. The zero-order valence-corrected chi connectivity index (χ0v) is 8.52. The minimum absolute atomic E-state index is 0.230. The number of hydrogen-bond acceptors (Lipinski definition) is 1. The second-order valence-corrected chi connectivity index (χ2v) is 4.79. The normalized spacial score (nSPS) is 20.7. The Morgan fingerprint density at radius 2 is 2.00 bits per heavy atom. The van der Waals surface area contributed by atoms with Gasteiger partial charge in [-0.1, -0.05) is 27.2 Å². The van der Waals surface area contributed by atoms with E-state index in [0.717, 1.165) is 12.8 Å². The molecule has 0 aromatic rings. The van der Waals surface area contributed by atoms with Crippen LogP contribution in [0.5, 0.6) is 0 Å². The molecule has 1 saturated carbocycles. The minimum atomic E-state index is 0.230. The summed E-state index contributed by atoms with van der Waals surface area (Å²) >= 11 is 0. The van der Waals surface area contributed by atoms with Gasteiger partial charge in [-0.15, -0.1) is 0 Å². The third kappa shape index (κ3) is 2.33. The van der Waals surface area contributed by atoms with Crippen LogP contribution in [0.25, 0.3) is 0 Å². The minimum Gasteiger partial charge on any atom is -0.299 e. The van der Waals surface area contributed by atoms with Crippen molar-refractivity contribution in [3.05, 3.63) is 0 Å². The van der Waals surface area contributed by atoms with Crippen LogP contribution >= 0.6 is 0 Å². The first-order chi connectivity index (χ1) is 5.53. The van der Waals surface area contributed by atoms with E-state index in [-0.39, 0.29) is 5.92 Å². The van der Waals surface area contributed by atoms with Crippen LogP contribution in [0.1, 0.15) is 52.9 Å². The number of carbonyl (C=O) groups excluding carboxylic acids is 1. The average molecular weight is 168 g/mol. The van der Waals surface area contributed by atoms with E-state index >= 15 is 0 Å². The van der Waals surface area contributed by atoms with Crippen LogP contribution < -0.4 is 0 Å². The van der Waals surface area contributed by atoms with Gasteiger partial charge in [0.05, 0.1) is 0 Å². The van der Waals surface area contributed by atoms with E-state index in [4.69, 9.17) is 0 Å². The van der Waals surface area contributed by atoms with Gasteiger partial charge in [-0.25, -0.2) is 0 Å². The highest BCUT2D eigenvalue weighted by atomic mass is 16.1. The first kappa shape index (κ1) is 9.76. The summed E-state index contributed by atoms with van der Waals surface area (Å²) in [5.41, 5.74) is 0.518. The lowest BCUT2D eigenvalue weighted by molar-refractivity contribution is -0.122. The molecule has 0 unspecified atom stereocenters. The molecule has 0 atom stereocenters. The summed E-state index contributed by atoms with van der Waals surface area (Å²) in [6.07, 6.45) is 5.95. The maximum atomic E-state index is 11.3. The van der Waals surface area contributed by atoms with Gasteiger partial charge in [0, 0.05) is 12.3 Å². The molecule has 0 amide bonds. The SMILES string of the molecule is CC(C)C(=O)CCC1(C)CCC1. The van der Waals surface area contributed by atoms with E-state index in [2.05, 4.69) is 6.92 Å². The lowest BCUT2D eigenvalue weighted by Gasteiger charge is -2.38. The average Bonchev–Trinajstić information content (AvgIpc) is 1.96. The predicted molar refractivity (Wildman–Crippen MR) is 51.0 cm³/mol. The van der Waals surface area contributed by atoms with Gasteiger partial charge >= 0.3 is 0 Å². The first-order valence-corrected chi connectivity index (χ1v) is 5.06. The van der Waals surface area contributed by atoms with Crippen LogP contribution in [0.4, 0.5) is 0 Å². The Bertz CT molecular complexity index is 166. The molecule has 12 heavy (non-hydrogen) atoms. The van der Waals surface area contributed by atoms with Gasteiger partial charge < -0.3 is 0 Å². The Balaban J connectivity index is 2.21. The standard InChI is InChI=1S/C11H20O/c1-9(2)10(12)5-8-11(3)6-4-7-11/h9H,4-8H2,1-3H3. The number of carbonyl (C=O) groups is 1. The smallest absolute Gasteiger partial charge is 0.135 e. The van der Waals surface area contributed by atoms with Crippen molar-refractivity contribution in [1.29, 1.82) is 0 Å². The zero-order chi connectivity index (χ0) is 9.19. The van der Waals surface area contributed by atoms with Gasteiger partial charge in [0.15, 0.2) is 0 Å². The van der Waals surface area contributed by atoms with Gasteiger partial charge in [0.1, 0.15) is 5.78 Å². The van der Waals surface area contributed by atoms with Crippen molar-refractivity contribution in [3.8, 4) is 0 Å². The van der Waals surface area contributed by atoms with Crippen molar-refractivity contribution < 1.29 is 4.79 Å². The molecule has 0 aromatic heterocycles. The molecule has 1 aliphatic rings. The molecule has 70 valence electrons. The molecule has 1 fully saturated rings. The molecule has 1 rings (SSSR count). The van der Waals surface area contributed by atoms with E-state index in [1.165, 1.54) is 19.3 Å². The summed E-state index contributed by atoms with van der Waals surface area (Å²) < 4.78 is 0. The highest BCUT2D eigenvalue weighted by molar-refractivity contribution is 5.80. The lowest BCUT2D eigenvalue weighted by atomic mass is 9.67. The maximum absolute atomic E-state index is 11.3. The molecule has 1 nitrogen and oxygen atoms in total. The van der Waals surface area contributed by atoms with Crippen LogP contribution in [0.2, 0.25) is 0 Å². The van der Waals surface area contributed by atoms with Crippen molar-refractivity contribution >= 4 is 5.78 Å². The van der Waals surface area contributed by atoms with Crippen LogP contribution in [0, 0.1) is 11.3 Å². The summed E-state index contributed by atoms with van der Waals surface area (Å²) in [7, 11) is 0. The third-order valence-electron chi connectivity index (χ3n) is 3.18. The Morgan fingerprint density at radius 1 is 1.42 bits per heavy atom. The number of ketones is 1. The fourth-order valence-electron chi connectivity index (χ4n) is 1.74. The van der Waals surface area contributed by atoms with Crippen molar-refractivity contribution in [2.45, 2.75) is 52.9 Å². The Hall–Kier alpha value is -0.330. The van der Waals surface area contributed by atoms with E-state index < -0.39 is 0 Å². The van der Waals surface area contributed by atoms with Crippen LogP contribution in [0.3, 0.4) is 0 Å². The van der Waals surface area contributed by atoms with Crippen LogP contribution in [-0.4, -0.2) is 5.78 Å². The van der Waals surface area contributed by atoms with Gasteiger partial charge in [-0.2, -0.15) is 0 Å². The quantitative estimate of drug-likeness (QED) is 0.630. The van der Waals surface area contributed by atoms with E-state index in [9.17, 15) is 4.79 Å². The Kier molecular flexibility index (Phi) is 2.92. The van der Waals surface area contributed by atoms with Crippen LogP contribution in [-0.2, 0) is 4.79 Å². The van der Waals surface area contributed by atoms with Gasteiger partial charge in [-0.05, 0) is 24.7 Å². The highest BCUT2D eigenvalue weighted by Gasteiger charge is 2.31. The monoisotopic (exact) mass is 168 g/mol. The maximum Gasteiger partial charge on any atom is 0.135 e. The van der Waals surface area contributed by atoms with Crippen LogP contribution in [0.15, 0.2) is 0 Å². The summed E-state index contributed by atoms with van der Waals surface area (Å²) in [5, 5.41) is 0. The Morgan fingerprint density at radius 3 is 2.33 bits per heavy atom. The first-order valence-electron chi connectivity index (χ1n) is 5.06. The Labute approximate surface area is 75.5 Å². The van der Waals surface area contributed by atoms with Crippen molar-refractivity contribution in [1.82, 2.24) is 0 Å². The summed E-state index contributed by atoms with van der Waals surface area (Å²) in [5.74, 6) is 0.664. The molecule has 0 heterocycles. The van der Waals surface area contributed by atoms with Crippen molar-refractivity contribution in [2.75, 3.05) is 0 Å². The molecule has 0 N–H and O–H groups in total. The van der Waals surface area contributed by atoms with E-state index in [1.807, 2.05) is 13.8 Å². The third-order valence-corrected chi connectivity index (χ3v) is 3.18. The molecule has 0 bridgehead atoms. The number of Topliss-reactive ketones (excluding diaryl/α,β-unsaturated/α-hetero) is 1. The topological polar surface area (TPSA) is 17.1 Å². The molecule has 0 radical (unpaired) electrons. The molecule has 0 saturated heterocycles. The predicted octanol–water partition coefficient (Wildman–Crippen LogP) is 3.18. The number of rotatable bonds is 4. The fraction of sp³-hybridized carbons (Fsp3) is 0.909. The molecule has 0 spiro atoms. The van der Waals surface area contributed by atoms with Crippen molar-refractivity contribution in [2.24, 2.45) is 11.3 Å². The zero-order valence-electron chi connectivity index (χ0n) is 8.52. The summed E-state index contributed by atoms with van der Waals surface area (Å²) in [6.45, 7) is 6.29. The second-order valence-electron chi connectivity index (χ2n) is 4.79. The molecule has 1 aliphatic carbocycles. The number of hydrogen-bond donors (Lipinski definition) is 0. The van der Waals surface area contributed by atoms with Gasteiger partial charge in [0.2, 0.25) is 0 Å². The fourth-order valence-corrected chi connectivity index (χ4v) is 1.74. The summed E-state index contributed by atoms with van der Waals surface area (Å²) in [4.78, 5) is 11.3. The van der Waals surface area contributed by atoms with E-state index in [1.54, 1.807) is 0 Å². The lowest BCUT2D eigenvalue weighted by Crippen LogP contribution is -2.26. The highest BCUT2D eigenvalue weighted by Crippen LogP contribution is 2.44. The second kappa shape index (κ2) is 3.59.